The summed E-state index contributed by atoms with van der Waals surface area (Å²) >= 11 is 3.38. The van der Waals surface area contributed by atoms with E-state index in [1.807, 2.05) is 13.1 Å². The highest BCUT2D eigenvalue weighted by atomic mass is 32.1. The number of hydrogen-bond acceptors (Lipinski definition) is 5. The van der Waals surface area contributed by atoms with E-state index < -0.39 is 0 Å². The van der Waals surface area contributed by atoms with Crippen LogP contribution in [0.4, 0.5) is 5.00 Å². The van der Waals surface area contributed by atoms with Gasteiger partial charge in [0.15, 0.2) is 0 Å². The molecule has 0 amide bonds. The number of rotatable bonds is 16. The van der Waals surface area contributed by atoms with Gasteiger partial charge in [-0.2, -0.15) is 0 Å². The summed E-state index contributed by atoms with van der Waals surface area (Å²) < 4.78 is 5.30. The standard InChI is InChI=1S/C28H43NO2S2/c1-6-9-10-11-12-13-14-15-16-17-18-23-19-24(32-21(23)4)20-29-27-26(28(30)31-8-3)25(7-2)22(5)33-27/h19-20H,6-18H2,1-5H3/b29-20+. The summed E-state index contributed by atoms with van der Waals surface area (Å²) in [6.07, 6.45) is 17.6. The normalized spacial score (nSPS) is 11.5. The molecule has 0 saturated heterocycles. The van der Waals surface area contributed by atoms with Crippen LogP contribution in [0.1, 0.15) is 121 Å². The SMILES string of the molecule is CCCCCCCCCCCCc1cc(/C=N/c2sc(C)c(CC)c2C(=O)OCC)sc1C. The van der Waals surface area contributed by atoms with Crippen LogP contribution in [-0.4, -0.2) is 18.8 Å². The summed E-state index contributed by atoms with van der Waals surface area (Å²) in [5.41, 5.74) is 3.16. The van der Waals surface area contributed by atoms with Gasteiger partial charge >= 0.3 is 5.97 Å². The molecule has 0 unspecified atom stereocenters. The van der Waals surface area contributed by atoms with Crippen LogP contribution in [-0.2, 0) is 17.6 Å². The largest absolute Gasteiger partial charge is 0.462 e. The summed E-state index contributed by atoms with van der Waals surface area (Å²) in [6.45, 7) is 10.9. The van der Waals surface area contributed by atoms with Crippen LogP contribution >= 0.6 is 22.7 Å². The van der Waals surface area contributed by atoms with Crippen LogP contribution in [0.3, 0.4) is 0 Å². The number of thiophene rings is 2. The molecule has 0 bridgehead atoms. The topological polar surface area (TPSA) is 38.7 Å². The molecule has 0 aliphatic carbocycles. The molecule has 0 radical (unpaired) electrons. The van der Waals surface area contributed by atoms with E-state index in [0.717, 1.165) is 33.2 Å². The minimum atomic E-state index is -0.255. The molecule has 0 atom stereocenters. The highest BCUT2D eigenvalue weighted by Gasteiger charge is 2.21. The van der Waals surface area contributed by atoms with E-state index in [0.29, 0.717) is 12.2 Å². The zero-order valence-corrected chi connectivity index (χ0v) is 23.1. The van der Waals surface area contributed by atoms with Gasteiger partial charge < -0.3 is 4.74 Å². The van der Waals surface area contributed by atoms with Crippen LogP contribution in [0.25, 0.3) is 0 Å². The van der Waals surface area contributed by atoms with Gasteiger partial charge in [-0.05, 0) is 57.2 Å². The Kier molecular flexibility index (Phi) is 13.0. The smallest absolute Gasteiger partial charge is 0.341 e. The quantitative estimate of drug-likeness (QED) is 0.134. The van der Waals surface area contributed by atoms with Crippen LogP contribution in [0.15, 0.2) is 11.1 Å². The Morgan fingerprint density at radius 3 is 2.15 bits per heavy atom. The van der Waals surface area contributed by atoms with Crippen molar-refractivity contribution in [3.63, 3.8) is 0 Å². The molecule has 0 saturated carbocycles. The van der Waals surface area contributed by atoms with E-state index in [4.69, 9.17) is 9.73 Å². The number of nitrogens with zero attached hydrogens (tertiary/aromatic N) is 1. The third kappa shape index (κ3) is 9.01. The first-order valence-corrected chi connectivity index (χ1v) is 14.6. The second-order valence-electron chi connectivity index (χ2n) is 8.81. The van der Waals surface area contributed by atoms with Gasteiger partial charge in [0.1, 0.15) is 5.00 Å². The lowest BCUT2D eigenvalue weighted by Crippen LogP contribution is -2.06. The Balaban J connectivity index is 1.86. The maximum atomic E-state index is 12.5. The first-order valence-electron chi connectivity index (χ1n) is 12.9. The molecule has 33 heavy (non-hydrogen) atoms. The highest BCUT2D eigenvalue weighted by molar-refractivity contribution is 7.16. The fourth-order valence-corrected chi connectivity index (χ4v) is 6.30. The molecule has 2 rings (SSSR count). The van der Waals surface area contributed by atoms with E-state index in [1.54, 1.807) is 22.7 Å². The second kappa shape index (κ2) is 15.4. The van der Waals surface area contributed by atoms with Gasteiger partial charge in [0, 0.05) is 20.8 Å². The summed E-state index contributed by atoms with van der Waals surface area (Å²) in [7, 11) is 0. The molecule has 0 spiro atoms. The van der Waals surface area contributed by atoms with E-state index in [2.05, 4.69) is 33.8 Å². The highest BCUT2D eigenvalue weighted by Crippen LogP contribution is 2.36. The molecular weight excluding hydrogens is 446 g/mol. The van der Waals surface area contributed by atoms with Crippen molar-refractivity contribution in [2.45, 2.75) is 112 Å². The van der Waals surface area contributed by atoms with Crippen molar-refractivity contribution in [3.05, 3.63) is 37.4 Å². The molecule has 0 fully saturated rings. The third-order valence-electron chi connectivity index (χ3n) is 6.17. The lowest BCUT2D eigenvalue weighted by molar-refractivity contribution is 0.0526. The van der Waals surface area contributed by atoms with Gasteiger partial charge in [0.25, 0.3) is 0 Å². The number of ether oxygens (including phenoxy) is 1. The summed E-state index contributed by atoms with van der Waals surface area (Å²) in [5, 5.41) is 0.769. The van der Waals surface area contributed by atoms with Gasteiger partial charge in [0.05, 0.1) is 12.2 Å². The van der Waals surface area contributed by atoms with Crippen LogP contribution in [0.5, 0.6) is 0 Å². The average Bonchev–Trinajstić information content (AvgIpc) is 3.32. The molecule has 0 aliphatic heterocycles. The summed E-state index contributed by atoms with van der Waals surface area (Å²) in [6, 6.07) is 2.28. The van der Waals surface area contributed by atoms with Crippen LogP contribution in [0, 0.1) is 13.8 Å². The molecule has 5 heteroatoms. The zero-order chi connectivity index (χ0) is 24.1. The van der Waals surface area contributed by atoms with E-state index in [1.165, 1.54) is 74.6 Å². The number of aliphatic imine (C=N–C) groups is 1. The van der Waals surface area contributed by atoms with Crippen molar-refractivity contribution >= 4 is 39.9 Å². The first-order chi connectivity index (χ1) is 16.0. The van der Waals surface area contributed by atoms with E-state index in [-0.39, 0.29) is 5.97 Å². The van der Waals surface area contributed by atoms with Gasteiger partial charge in [-0.3, -0.25) is 0 Å². The van der Waals surface area contributed by atoms with Gasteiger partial charge in [-0.15, -0.1) is 22.7 Å². The molecule has 0 N–H and O–H groups in total. The Hall–Kier alpha value is -1.46. The number of carbonyl (C=O) groups is 1. The fraction of sp³-hybridized carbons (Fsp3) is 0.643. The lowest BCUT2D eigenvalue weighted by Gasteiger charge is -2.04. The third-order valence-corrected chi connectivity index (χ3v) is 8.25. The molecule has 2 heterocycles. The Morgan fingerprint density at radius 2 is 1.55 bits per heavy atom. The predicted molar refractivity (Wildman–Crippen MR) is 146 cm³/mol. The van der Waals surface area contributed by atoms with Crippen molar-refractivity contribution in [2.24, 2.45) is 4.99 Å². The molecule has 0 aromatic carbocycles. The first kappa shape index (κ1) is 27.8. The monoisotopic (exact) mass is 489 g/mol. The van der Waals surface area contributed by atoms with E-state index >= 15 is 0 Å². The number of carbonyl (C=O) groups excluding carboxylic acids is 1. The predicted octanol–water partition coefficient (Wildman–Crippen LogP) is 9.38. The molecule has 0 aliphatic rings. The minimum Gasteiger partial charge on any atom is -0.462 e. The van der Waals surface area contributed by atoms with Crippen molar-refractivity contribution in [3.8, 4) is 0 Å². The molecule has 184 valence electrons. The van der Waals surface area contributed by atoms with Gasteiger partial charge in [-0.1, -0.05) is 71.6 Å². The summed E-state index contributed by atoms with van der Waals surface area (Å²) in [4.78, 5) is 20.9. The van der Waals surface area contributed by atoms with Crippen LogP contribution in [0.2, 0.25) is 0 Å². The molecule has 3 nitrogen and oxygen atoms in total. The van der Waals surface area contributed by atoms with Gasteiger partial charge in [0.2, 0.25) is 0 Å². The maximum absolute atomic E-state index is 12.5. The second-order valence-corrected chi connectivity index (χ2v) is 11.3. The van der Waals surface area contributed by atoms with Crippen molar-refractivity contribution in [1.82, 2.24) is 0 Å². The van der Waals surface area contributed by atoms with Gasteiger partial charge in [-0.25, -0.2) is 9.79 Å². The zero-order valence-electron chi connectivity index (χ0n) is 21.4. The minimum absolute atomic E-state index is 0.255. The Bertz CT molecular complexity index is 879. The lowest BCUT2D eigenvalue weighted by atomic mass is 10.0. The molecule has 2 aromatic heterocycles. The number of unbranched alkanes of at least 4 members (excludes halogenated alkanes) is 9. The average molecular weight is 490 g/mol. The van der Waals surface area contributed by atoms with Crippen LogP contribution < -0.4 is 0 Å². The fourth-order valence-electron chi connectivity index (χ4n) is 4.28. The molecular formula is C28H43NO2S2. The maximum Gasteiger partial charge on any atom is 0.341 e. The number of esters is 1. The van der Waals surface area contributed by atoms with Crippen molar-refractivity contribution in [1.29, 1.82) is 0 Å². The Morgan fingerprint density at radius 1 is 0.909 bits per heavy atom. The summed E-state index contributed by atoms with van der Waals surface area (Å²) in [5.74, 6) is -0.255. The Labute approximate surface area is 209 Å². The van der Waals surface area contributed by atoms with E-state index in [9.17, 15) is 4.79 Å². The van der Waals surface area contributed by atoms with Crippen molar-refractivity contribution < 1.29 is 9.53 Å². The number of aryl methyl sites for hydroxylation is 3. The molecule has 2 aromatic rings. The number of hydrogen-bond donors (Lipinski definition) is 0. The van der Waals surface area contributed by atoms with Crippen molar-refractivity contribution in [2.75, 3.05) is 6.61 Å².